The Morgan fingerprint density at radius 2 is 1.64 bits per heavy atom. The van der Waals surface area contributed by atoms with Gasteiger partial charge in [0.25, 0.3) is 0 Å². The molecule has 3 fully saturated rings. The first-order chi connectivity index (χ1) is 15.1. The highest BCUT2D eigenvalue weighted by molar-refractivity contribution is 5.32. The minimum atomic E-state index is -1.02. The highest BCUT2D eigenvalue weighted by Crippen LogP contribution is 2.74. The van der Waals surface area contributed by atoms with Crippen molar-refractivity contribution in [3.8, 4) is 0 Å². The van der Waals surface area contributed by atoms with Crippen molar-refractivity contribution in [2.75, 3.05) is 0 Å². The highest BCUT2D eigenvalue weighted by atomic mass is 16.3. The maximum atomic E-state index is 10.8. The average molecular weight is 461 g/mol. The number of allylic oxidation sites excluding steroid dienone is 2. The van der Waals surface area contributed by atoms with E-state index in [1.165, 1.54) is 32.1 Å². The van der Waals surface area contributed by atoms with Crippen LogP contribution in [-0.2, 0) is 0 Å². The number of aliphatic hydroxyl groups excluding tert-OH is 2. The molecule has 0 aliphatic heterocycles. The number of hydrogen-bond donors (Lipinski definition) is 3. The molecule has 0 aromatic rings. The zero-order chi connectivity index (χ0) is 24.6. The lowest BCUT2D eigenvalue weighted by Gasteiger charge is -2.68. The molecule has 0 radical (unpaired) electrons. The lowest BCUT2D eigenvalue weighted by Crippen LogP contribution is -2.62. The molecule has 0 bridgehead atoms. The predicted octanol–water partition coefficient (Wildman–Crippen LogP) is 6.50. The fourth-order valence-electron chi connectivity index (χ4n) is 9.69. The van der Waals surface area contributed by atoms with Crippen LogP contribution in [0, 0.1) is 45.3 Å². The van der Waals surface area contributed by atoms with Gasteiger partial charge in [0.15, 0.2) is 0 Å². The third-order valence-corrected chi connectivity index (χ3v) is 12.3. The molecule has 4 rings (SSSR count). The van der Waals surface area contributed by atoms with Crippen LogP contribution in [0.1, 0.15) is 113 Å². The first kappa shape index (κ1) is 25.7. The van der Waals surface area contributed by atoms with Crippen molar-refractivity contribution in [2.45, 2.75) is 131 Å². The van der Waals surface area contributed by atoms with Gasteiger partial charge in [-0.25, -0.2) is 0 Å². The largest absolute Gasteiger partial charge is 0.393 e. The molecule has 0 spiro atoms. The van der Waals surface area contributed by atoms with Crippen LogP contribution in [0.25, 0.3) is 0 Å². The Kier molecular flexibility index (Phi) is 6.28. The van der Waals surface area contributed by atoms with Gasteiger partial charge < -0.3 is 15.3 Å². The molecule has 9 atom stereocenters. The van der Waals surface area contributed by atoms with Crippen molar-refractivity contribution >= 4 is 0 Å². The maximum absolute atomic E-state index is 10.8. The molecule has 3 heteroatoms. The first-order valence-corrected chi connectivity index (χ1v) is 13.9. The van der Waals surface area contributed by atoms with Gasteiger partial charge in [-0.3, -0.25) is 0 Å². The van der Waals surface area contributed by atoms with Crippen LogP contribution in [0.3, 0.4) is 0 Å². The summed E-state index contributed by atoms with van der Waals surface area (Å²) >= 11 is 0. The van der Waals surface area contributed by atoms with E-state index in [-0.39, 0.29) is 16.9 Å². The van der Waals surface area contributed by atoms with Crippen molar-refractivity contribution < 1.29 is 15.3 Å². The van der Waals surface area contributed by atoms with Crippen LogP contribution in [0.2, 0.25) is 0 Å². The van der Waals surface area contributed by atoms with E-state index in [4.69, 9.17) is 0 Å². The van der Waals surface area contributed by atoms with Gasteiger partial charge in [0.05, 0.1) is 17.8 Å². The van der Waals surface area contributed by atoms with Gasteiger partial charge in [0.1, 0.15) is 0 Å². The Bertz CT molecular complexity index is 778. The van der Waals surface area contributed by atoms with Crippen molar-refractivity contribution in [3.05, 3.63) is 11.6 Å². The predicted molar refractivity (Wildman–Crippen MR) is 136 cm³/mol. The second-order valence-corrected chi connectivity index (χ2v) is 14.5. The summed E-state index contributed by atoms with van der Waals surface area (Å²) in [5.41, 5.74) is 1.59. The Balaban J connectivity index is 1.59. The third kappa shape index (κ3) is 3.70. The quantitative estimate of drug-likeness (QED) is 0.410. The summed E-state index contributed by atoms with van der Waals surface area (Å²) in [7, 11) is 0. The smallest absolute Gasteiger partial charge is 0.0849 e. The zero-order valence-corrected chi connectivity index (χ0v) is 22.7. The van der Waals surface area contributed by atoms with E-state index in [0.717, 1.165) is 19.3 Å². The van der Waals surface area contributed by atoms with Gasteiger partial charge in [-0.2, -0.15) is 0 Å². The molecule has 0 amide bonds. The van der Waals surface area contributed by atoms with Gasteiger partial charge >= 0.3 is 0 Å². The number of rotatable bonds is 5. The molecule has 0 saturated heterocycles. The molecule has 0 aromatic heterocycles. The molecule has 0 heterocycles. The molecule has 33 heavy (non-hydrogen) atoms. The minimum absolute atomic E-state index is 0.00721. The van der Waals surface area contributed by atoms with Gasteiger partial charge in [0, 0.05) is 0 Å². The second kappa shape index (κ2) is 8.07. The number of aliphatic hydroxyl groups is 3. The van der Waals surface area contributed by atoms with Crippen LogP contribution in [0.15, 0.2) is 11.6 Å². The molecular weight excluding hydrogens is 408 g/mol. The summed E-state index contributed by atoms with van der Waals surface area (Å²) in [5, 5.41) is 31.4. The second-order valence-electron chi connectivity index (χ2n) is 14.5. The van der Waals surface area contributed by atoms with E-state index in [1.807, 2.05) is 0 Å². The molecule has 4 aliphatic carbocycles. The van der Waals surface area contributed by atoms with Crippen LogP contribution < -0.4 is 0 Å². The van der Waals surface area contributed by atoms with E-state index in [1.54, 1.807) is 19.4 Å². The lowest BCUT2D eigenvalue weighted by molar-refractivity contribution is -0.193. The lowest BCUT2D eigenvalue weighted by atomic mass is 9.37. The Labute approximate surface area is 203 Å². The Morgan fingerprint density at radius 1 is 0.970 bits per heavy atom. The van der Waals surface area contributed by atoms with E-state index >= 15 is 0 Å². The Hall–Kier alpha value is -0.380. The SMILES string of the molecule is CC(CCC(O)C(C)(C)O)C1CCC2(C)C1=CCC1C3(C)CCC(O)C(C)(C)C3CCC12C. The highest BCUT2D eigenvalue weighted by Gasteiger charge is 2.66. The monoisotopic (exact) mass is 460 g/mol. The van der Waals surface area contributed by atoms with Crippen LogP contribution in [-0.4, -0.2) is 33.1 Å². The Morgan fingerprint density at radius 3 is 2.27 bits per heavy atom. The van der Waals surface area contributed by atoms with Crippen molar-refractivity contribution in [1.29, 1.82) is 0 Å². The summed E-state index contributed by atoms with van der Waals surface area (Å²) in [6.07, 6.45) is 11.8. The summed E-state index contributed by atoms with van der Waals surface area (Å²) in [4.78, 5) is 0. The molecule has 3 N–H and O–H groups in total. The molecular formula is C30H52O3. The number of hydrogen-bond acceptors (Lipinski definition) is 3. The average Bonchev–Trinajstić information content (AvgIpc) is 3.07. The van der Waals surface area contributed by atoms with Crippen molar-refractivity contribution in [3.63, 3.8) is 0 Å². The fraction of sp³-hybridized carbons (Fsp3) is 0.933. The summed E-state index contributed by atoms with van der Waals surface area (Å²) in [6, 6.07) is 0. The van der Waals surface area contributed by atoms with Gasteiger partial charge in [-0.15, -0.1) is 0 Å². The molecule has 3 nitrogen and oxygen atoms in total. The summed E-state index contributed by atoms with van der Waals surface area (Å²) in [5.74, 6) is 2.43. The minimum Gasteiger partial charge on any atom is -0.393 e. The molecule has 0 aromatic carbocycles. The molecule has 9 unspecified atom stereocenters. The normalized spacial score (nSPS) is 46.6. The summed E-state index contributed by atoms with van der Waals surface area (Å²) in [6.45, 7) is 18.2. The van der Waals surface area contributed by atoms with Crippen molar-refractivity contribution in [1.82, 2.24) is 0 Å². The topological polar surface area (TPSA) is 60.7 Å². The number of fused-ring (bicyclic) bond motifs is 5. The third-order valence-electron chi connectivity index (χ3n) is 12.3. The molecule has 190 valence electrons. The van der Waals surface area contributed by atoms with E-state index in [0.29, 0.717) is 40.9 Å². The van der Waals surface area contributed by atoms with E-state index in [9.17, 15) is 15.3 Å². The maximum Gasteiger partial charge on any atom is 0.0849 e. The standard InChI is InChI=1S/C30H52O3/c1-19(9-12-25(32)27(4,5)33)20-13-17-29(7)21(20)10-11-23-28(6)16-15-24(31)26(2,3)22(28)14-18-30(23,29)8/h10,19-20,22-25,31-33H,9,11-18H2,1-8H3. The van der Waals surface area contributed by atoms with Gasteiger partial charge in [0.2, 0.25) is 0 Å². The van der Waals surface area contributed by atoms with Gasteiger partial charge in [-0.1, -0.05) is 53.2 Å². The first-order valence-electron chi connectivity index (χ1n) is 13.9. The van der Waals surface area contributed by atoms with Crippen molar-refractivity contribution in [2.24, 2.45) is 45.3 Å². The van der Waals surface area contributed by atoms with Crippen LogP contribution in [0.4, 0.5) is 0 Å². The van der Waals surface area contributed by atoms with Gasteiger partial charge in [-0.05, 0) is 117 Å². The molecule has 4 aliphatic rings. The fourth-order valence-corrected chi connectivity index (χ4v) is 9.69. The van der Waals surface area contributed by atoms with Crippen LogP contribution in [0.5, 0.6) is 0 Å². The van der Waals surface area contributed by atoms with E-state index < -0.39 is 11.7 Å². The molecule has 3 saturated carbocycles. The summed E-state index contributed by atoms with van der Waals surface area (Å²) < 4.78 is 0. The van der Waals surface area contributed by atoms with Crippen LogP contribution >= 0.6 is 0 Å². The zero-order valence-electron chi connectivity index (χ0n) is 22.7. The van der Waals surface area contributed by atoms with E-state index in [2.05, 4.69) is 47.6 Å².